The lowest BCUT2D eigenvalue weighted by Gasteiger charge is -2.35. The molecule has 0 N–H and O–H groups in total. The smallest absolute Gasteiger partial charge is 0.254 e. The Morgan fingerprint density at radius 3 is 2.13 bits per heavy atom. The van der Waals surface area contributed by atoms with Gasteiger partial charge in [-0.15, -0.1) is 5.10 Å². The molecule has 5 rings (SSSR count). The third-order valence-corrected chi connectivity index (χ3v) is 6.52. The minimum atomic E-state index is -0.0854. The standard InChI is InChI=1S/C28H33N7O4/c1-5-37-22-16-20(17-23(38-6-2)25(22)39-7-3)28(36)34-14-12-33(13-15-34)26-24-27(30-18-29-26)35(32-31-24)21-10-8-19(4)9-11-21/h8-11,16-18H,5-7,12-15H2,1-4H3. The van der Waals surface area contributed by atoms with Crippen molar-refractivity contribution >= 4 is 22.9 Å². The summed E-state index contributed by atoms with van der Waals surface area (Å²) in [7, 11) is 0. The van der Waals surface area contributed by atoms with Crippen molar-refractivity contribution in [3.05, 3.63) is 53.9 Å². The Balaban J connectivity index is 1.34. The lowest BCUT2D eigenvalue weighted by molar-refractivity contribution is 0.0745. The SMILES string of the molecule is CCOc1cc(C(=O)N2CCN(c3ncnc4c3nnn4-c3ccc(C)cc3)CC2)cc(OCC)c1OCC. The largest absolute Gasteiger partial charge is 0.490 e. The van der Waals surface area contributed by atoms with Crippen LogP contribution in [0.4, 0.5) is 5.82 Å². The fourth-order valence-corrected chi connectivity index (χ4v) is 4.64. The van der Waals surface area contributed by atoms with E-state index in [0.717, 1.165) is 5.69 Å². The maximum Gasteiger partial charge on any atom is 0.254 e. The van der Waals surface area contributed by atoms with Gasteiger partial charge in [-0.1, -0.05) is 22.9 Å². The number of rotatable bonds is 9. The van der Waals surface area contributed by atoms with Crippen LogP contribution in [0, 0.1) is 6.92 Å². The normalized spacial score (nSPS) is 13.5. The van der Waals surface area contributed by atoms with E-state index < -0.39 is 0 Å². The Morgan fingerprint density at radius 1 is 0.872 bits per heavy atom. The van der Waals surface area contributed by atoms with Gasteiger partial charge in [0.1, 0.15) is 6.33 Å². The van der Waals surface area contributed by atoms with E-state index in [4.69, 9.17) is 14.2 Å². The van der Waals surface area contributed by atoms with Crippen LogP contribution in [0.5, 0.6) is 17.2 Å². The van der Waals surface area contributed by atoms with E-state index in [-0.39, 0.29) is 5.91 Å². The van der Waals surface area contributed by atoms with Crippen molar-refractivity contribution in [1.29, 1.82) is 0 Å². The Bertz CT molecular complexity index is 1420. The van der Waals surface area contributed by atoms with Gasteiger partial charge in [0.2, 0.25) is 5.75 Å². The molecule has 11 nitrogen and oxygen atoms in total. The Morgan fingerprint density at radius 2 is 1.51 bits per heavy atom. The fraction of sp³-hybridized carbons (Fsp3) is 0.393. The molecule has 0 bridgehead atoms. The highest BCUT2D eigenvalue weighted by molar-refractivity contribution is 5.96. The molecule has 1 fully saturated rings. The number of carbonyl (C=O) groups is 1. The van der Waals surface area contributed by atoms with Gasteiger partial charge in [0.05, 0.1) is 25.5 Å². The maximum atomic E-state index is 13.5. The summed E-state index contributed by atoms with van der Waals surface area (Å²) in [4.78, 5) is 26.4. The van der Waals surface area contributed by atoms with Gasteiger partial charge in [-0.2, -0.15) is 4.68 Å². The molecule has 11 heteroatoms. The molecule has 2 aromatic heterocycles. The minimum absolute atomic E-state index is 0.0854. The van der Waals surface area contributed by atoms with Gasteiger partial charge >= 0.3 is 0 Å². The Hall–Kier alpha value is -4.41. The van der Waals surface area contributed by atoms with Crippen molar-refractivity contribution in [3.63, 3.8) is 0 Å². The highest BCUT2D eigenvalue weighted by Crippen LogP contribution is 2.39. The van der Waals surface area contributed by atoms with E-state index in [1.54, 1.807) is 16.8 Å². The summed E-state index contributed by atoms with van der Waals surface area (Å²) in [5.74, 6) is 2.16. The topological polar surface area (TPSA) is 108 Å². The third-order valence-electron chi connectivity index (χ3n) is 6.52. The molecule has 0 spiro atoms. The summed E-state index contributed by atoms with van der Waals surface area (Å²) in [6.07, 6.45) is 1.54. The predicted octanol–water partition coefficient (Wildman–Crippen LogP) is 3.68. The molecule has 0 unspecified atom stereocenters. The molecule has 3 heterocycles. The molecule has 1 amide bonds. The molecule has 0 aliphatic carbocycles. The number of nitrogens with zero attached hydrogens (tertiary/aromatic N) is 7. The molecule has 2 aromatic carbocycles. The number of fused-ring (bicyclic) bond motifs is 1. The number of aryl methyl sites for hydroxylation is 1. The van der Waals surface area contributed by atoms with Crippen LogP contribution < -0.4 is 19.1 Å². The zero-order valence-corrected chi connectivity index (χ0v) is 22.8. The first-order valence-corrected chi connectivity index (χ1v) is 13.3. The number of hydrogen-bond acceptors (Lipinski definition) is 9. The van der Waals surface area contributed by atoms with E-state index in [2.05, 4.69) is 25.2 Å². The van der Waals surface area contributed by atoms with Gasteiger partial charge in [0.25, 0.3) is 5.91 Å². The van der Waals surface area contributed by atoms with Crippen molar-refractivity contribution in [1.82, 2.24) is 29.9 Å². The maximum absolute atomic E-state index is 13.5. The molecular weight excluding hydrogens is 498 g/mol. The fourth-order valence-electron chi connectivity index (χ4n) is 4.64. The number of piperazine rings is 1. The summed E-state index contributed by atoms with van der Waals surface area (Å²) in [5.41, 5.74) is 3.83. The second-order valence-electron chi connectivity index (χ2n) is 9.09. The molecule has 1 aliphatic heterocycles. The molecular formula is C28H33N7O4. The number of carbonyl (C=O) groups excluding carboxylic acids is 1. The highest BCUT2D eigenvalue weighted by atomic mass is 16.5. The quantitative estimate of drug-likeness (QED) is 0.320. The highest BCUT2D eigenvalue weighted by Gasteiger charge is 2.27. The minimum Gasteiger partial charge on any atom is -0.490 e. The van der Waals surface area contributed by atoms with E-state index in [1.165, 1.54) is 11.9 Å². The van der Waals surface area contributed by atoms with Gasteiger partial charge in [0.15, 0.2) is 28.5 Å². The number of aromatic nitrogens is 5. The monoisotopic (exact) mass is 531 g/mol. The van der Waals surface area contributed by atoms with E-state index >= 15 is 0 Å². The van der Waals surface area contributed by atoms with Crippen LogP contribution in [-0.4, -0.2) is 81.8 Å². The lowest BCUT2D eigenvalue weighted by Crippen LogP contribution is -2.49. The molecule has 1 saturated heterocycles. The first kappa shape index (κ1) is 26.2. The zero-order valence-electron chi connectivity index (χ0n) is 22.8. The second kappa shape index (κ2) is 11.5. The molecule has 1 aliphatic rings. The van der Waals surface area contributed by atoms with Crippen LogP contribution in [-0.2, 0) is 0 Å². The molecule has 0 saturated carbocycles. The Kier molecular flexibility index (Phi) is 7.76. The summed E-state index contributed by atoms with van der Waals surface area (Å²) in [5, 5.41) is 8.74. The van der Waals surface area contributed by atoms with Crippen LogP contribution in [0.15, 0.2) is 42.7 Å². The van der Waals surface area contributed by atoms with Gasteiger partial charge < -0.3 is 24.0 Å². The number of anilines is 1. The summed E-state index contributed by atoms with van der Waals surface area (Å²) in [6.45, 7) is 11.3. The van der Waals surface area contributed by atoms with Crippen LogP contribution in [0.2, 0.25) is 0 Å². The van der Waals surface area contributed by atoms with E-state index in [9.17, 15) is 4.79 Å². The van der Waals surface area contributed by atoms with E-state index in [1.807, 2.05) is 56.9 Å². The van der Waals surface area contributed by atoms with Crippen LogP contribution in [0.25, 0.3) is 16.9 Å². The number of hydrogen-bond donors (Lipinski definition) is 0. The molecule has 4 aromatic rings. The summed E-state index contributed by atoms with van der Waals surface area (Å²) < 4.78 is 19.1. The van der Waals surface area contributed by atoms with E-state index in [0.29, 0.717) is 85.8 Å². The lowest BCUT2D eigenvalue weighted by atomic mass is 10.1. The van der Waals surface area contributed by atoms with Crippen molar-refractivity contribution in [2.45, 2.75) is 27.7 Å². The third kappa shape index (κ3) is 5.29. The predicted molar refractivity (Wildman–Crippen MR) is 147 cm³/mol. The number of amides is 1. The van der Waals surface area contributed by atoms with Crippen LogP contribution in [0.3, 0.4) is 0 Å². The molecule has 0 atom stereocenters. The van der Waals surface area contributed by atoms with Gasteiger partial charge in [-0.25, -0.2) is 9.97 Å². The van der Waals surface area contributed by atoms with Gasteiger partial charge in [-0.05, 0) is 52.0 Å². The Labute approximate surface area is 227 Å². The van der Waals surface area contributed by atoms with Crippen molar-refractivity contribution < 1.29 is 19.0 Å². The van der Waals surface area contributed by atoms with Crippen molar-refractivity contribution in [3.8, 4) is 22.9 Å². The van der Waals surface area contributed by atoms with Crippen molar-refractivity contribution in [2.75, 3.05) is 50.9 Å². The van der Waals surface area contributed by atoms with Crippen molar-refractivity contribution in [2.24, 2.45) is 0 Å². The van der Waals surface area contributed by atoms with Crippen LogP contribution in [0.1, 0.15) is 36.7 Å². The van der Waals surface area contributed by atoms with Gasteiger partial charge in [0, 0.05) is 31.7 Å². The average Bonchev–Trinajstić information content (AvgIpc) is 3.39. The number of benzene rings is 2. The molecule has 0 radical (unpaired) electrons. The second-order valence-corrected chi connectivity index (χ2v) is 9.09. The first-order chi connectivity index (χ1) is 19.0. The van der Waals surface area contributed by atoms with Gasteiger partial charge in [-0.3, -0.25) is 4.79 Å². The average molecular weight is 532 g/mol. The number of ether oxygens (including phenoxy) is 3. The first-order valence-electron chi connectivity index (χ1n) is 13.3. The molecule has 204 valence electrons. The summed E-state index contributed by atoms with van der Waals surface area (Å²) in [6, 6.07) is 11.5. The zero-order chi connectivity index (χ0) is 27.4. The summed E-state index contributed by atoms with van der Waals surface area (Å²) >= 11 is 0. The molecule has 39 heavy (non-hydrogen) atoms. The van der Waals surface area contributed by atoms with Crippen LogP contribution >= 0.6 is 0 Å².